The van der Waals surface area contributed by atoms with Gasteiger partial charge in [-0.05, 0) is 25.1 Å². The van der Waals surface area contributed by atoms with E-state index >= 15 is 0 Å². The Labute approximate surface area is 125 Å². The summed E-state index contributed by atoms with van der Waals surface area (Å²) in [5.74, 6) is 0. The lowest BCUT2D eigenvalue weighted by Crippen LogP contribution is -2.23. The Kier molecular flexibility index (Phi) is 12.2. The van der Waals surface area contributed by atoms with Crippen LogP contribution in [-0.2, 0) is 6.54 Å². The first-order valence-corrected chi connectivity index (χ1v) is 7.63. The van der Waals surface area contributed by atoms with Gasteiger partial charge in [0.05, 0.1) is 0 Å². The van der Waals surface area contributed by atoms with Crippen molar-refractivity contribution in [1.29, 1.82) is 0 Å². The van der Waals surface area contributed by atoms with Crippen molar-refractivity contribution < 1.29 is 0 Å². The summed E-state index contributed by atoms with van der Waals surface area (Å²) in [7, 11) is 0. The topological polar surface area (TPSA) is 3.24 Å². The minimum Gasteiger partial charge on any atom is -0.299 e. The highest BCUT2D eigenvalue weighted by atomic mass is 35.5. The fourth-order valence-electron chi connectivity index (χ4n) is 2.31. The van der Waals surface area contributed by atoms with E-state index in [9.17, 15) is 0 Å². The Hall–Kier alpha value is -0.530. The zero-order chi connectivity index (χ0) is 13.1. The summed E-state index contributed by atoms with van der Waals surface area (Å²) in [4.78, 5) is 2.55. The molecule has 0 bridgehead atoms. The summed E-state index contributed by atoms with van der Waals surface area (Å²) < 4.78 is 0. The van der Waals surface area contributed by atoms with Gasteiger partial charge in [0, 0.05) is 6.54 Å². The van der Waals surface area contributed by atoms with Crippen LogP contribution in [0.2, 0.25) is 0 Å². The van der Waals surface area contributed by atoms with Crippen molar-refractivity contribution in [2.75, 3.05) is 13.1 Å². The standard InChI is InChI=1S/C17H29N.ClH/c1-3-5-6-7-8-12-15-18(4-2)16-17-13-10-9-11-14-17;/h9-11,13-14H,3-8,12,15-16H2,1-2H3;1H. The molecule has 0 N–H and O–H groups in total. The van der Waals surface area contributed by atoms with Crippen LogP contribution in [0, 0.1) is 0 Å². The number of unbranched alkanes of at least 4 members (excludes halogenated alkanes) is 5. The van der Waals surface area contributed by atoms with Crippen LogP contribution in [-0.4, -0.2) is 18.0 Å². The van der Waals surface area contributed by atoms with Crippen LogP contribution in [0.5, 0.6) is 0 Å². The summed E-state index contributed by atoms with van der Waals surface area (Å²) in [5.41, 5.74) is 1.44. The Morgan fingerprint density at radius 3 is 2.11 bits per heavy atom. The molecular weight excluding hydrogens is 254 g/mol. The average Bonchev–Trinajstić information content (AvgIpc) is 2.42. The van der Waals surface area contributed by atoms with Gasteiger partial charge in [-0.2, -0.15) is 0 Å². The molecule has 0 fully saturated rings. The van der Waals surface area contributed by atoms with Crippen molar-refractivity contribution in [2.45, 2.75) is 58.9 Å². The fourth-order valence-corrected chi connectivity index (χ4v) is 2.31. The Morgan fingerprint density at radius 2 is 1.47 bits per heavy atom. The van der Waals surface area contributed by atoms with E-state index in [2.05, 4.69) is 49.1 Å². The maximum absolute atomic E-state index is 2.55. The molecule has 2 heteroatoms. The van der Waals surface area contributed by atoms with Crippen LogP contribution in [0.15, 0.2) is 30.3 Å². The van der Waals surface area contributed by atoms with Gasteiger partial charge in [0.15, 0.2) is 0 Å². The molecule has 0 heterocycles. The van der Waals surface area contributed by atoms with E-state index in [0.717, 1.165) is 13.1 Å². The third kappa shape index (κ3) is 9.07. The number of hydrogen-bond donors (Lipinski definition) is 0. The van der Waals surface area contributed by atoms with Crippen molar-refractivity contribution >= 4 is 12.4 Å². The average molecular weight is 284 g/mol. The van der Waals surface area contributed by atoms with Gasteiger partial charge in [-0.3, -0.25) is 4.90 Å². The zero-order valence-corrected chi connectivity index (χ0v) is 13.4. The molecule has 0 atom stereocenters. The second-order valence-electron chi connectivity index (χ2n) is 5.12. The highest BCUT2D eigenvalue weighted by Crippen LogP contribution is 2.08. The highest BCUT2D eigenvalue weighted by molar-refractivity contribution is 5.85. The fraction of sp³-hybridized carbons (Fsp3) is 0.647. The predicted octanol–water partition coefficient (Wildman–Crippen LogP) is 5.29. The number of halogens is 1. The lowest BCUT2D eigenvalue weighted by atomic mass is 10.1. The van der Waals surface area contributed by atoms with Crippen molar-refractivity contribution in [1.82, 2.24) is 4.90 Å². The molecule has 0 aliphatic heterocycles. The van der Waals surface area contributed by atoms with Crippen molar-refractivity contribution in [3.05, 3.63) is 35.9 Å². The minimum atomic E-state index is 0. The number of hydrogen-bond acceptors (Lipinski definition) is 1. The minimum absolute atomic E-state index is 0. The van der Waals surface area contributed by atoms with Gasteiger partial charge in [-0.15, -0.1) is 12.4 Å². The summed E-state index contributed by atoms with van der Waals surface area (Å²) in [6.45, 7) is 8.05. The maximum Gasteiger partial charge on any atom is 0.0233 e. The van der Waals surface area contributed by atoms with Gasteiger partial charge in [-0.1, -0.05) is 76.3 Å². The van der Waals surface area contributed by atoms with Crippen LogP contribution in [0.25, 0.3) is 0 Å². The van der Waals surface area contributed by atoms with Gasteiger partial charge in [-0.25, -0.2) is 0 Å². The van der Waals surface area contributed by atoms with Gasteiger partial charge in [0.2, 0.25) is 0 Å². The summed E-state index contributed by atoms with van der Waals surface area (Å²) >= 11 is 0. The van der Waals surface area contributed by atoms with Crippen LogP contribution in [0.4, 0.5) is 0 Å². The molecule has 0 saturated carbocycles. The van der Waals surface area contributed by atoms with Crippen LogP contribution in [0.1, 0.15) is 57.9 Å². The van der Waals surface area contributed by atoms with E-state index in [0.29, 0.717) is 0 Å². The molecule has 110 valence electrons. The normalized spacial score (nSPS) is 10.5. The molecule has 0 saturated heterocycles. The molecule has 1 rings (SSSR count). The molecule has 0 aliphatic carbocycles. The predicted molar refractivity (Wildman–Crippen MR) is 88.0 cm³/mol. The summed E-state index contributed by atoms with van der Waals surface area (Å²) in [6, 6.07) is 10.8. The Morgan fingerprint density at radius 1 is 0.842 bits per heavy atom. The van der Waals surface area contributed by atoms with Gasteiger partial charge >= 0.3 is 0 Å². The van der Waals surface area contributed by atoms with E-state index in [4.69, 9.17) is 0 Å². The maximum atomic E-state index is 2.55. The molecule has 1 aromatic carbocycles. The van der Waals surface area contributed by atoms with Crippen molar-refractivity contribution in [3.63, 3.8) is 0 Å². The third-order valence-corrected chi connectivity index (χ3v) is 3.52. The quantitative estimate of drug-likeness (QED) is 0.527. The molecule has 0 aromatic heterocycles. The van der Waals surface area contributed by atoms with E-state index in [1.54, 1.807) is 0 Å². The highest BCUT2D eigenvalue weighted by Gasteiger charge is 2.02. The first-order valence-electron chi connectivity index (χ1n) is 7.63. The Balaban J connectivity index is 0.00000324. The van der Waals surface area contributed by atoms with Gasteiger partial charge < -0.3 is 0 Å². The Bertz CT molecular complexity index is 287. The second kappa shape index (κ2) is 12.5. The smallest absolute Gasteiger partial charge is 0.0233 e. The van der Waals surface area contributed by atoms with Gasteiger partial charge in [0.25, 0.3) is 0 Å². The first-order chi connectivity index (χ1) is 8.86. The molecule has 1 aromatic rings. The van der Waals surface area contributed by atoms with E-state index < -0.39 is 0 Å². The van der Waals surface area contributed by atoms with E-state index in [-0.39, 0.29) is 12.4 Å². The number of benzene rings is 1. The van der Waals surface area contributed by atoms with Crippen LogP contribution in [0.3, 0.4) is 0 Å². The lowest BCUT2D eigenvalue weighted by molar-refractivity contribution is 0.272. The summed E-state index contributed by atoms with van der Waals surface area (Å²) in [5, 5.41) is 0. The van der Waals surface area contributed by atoms with E-state index in [1.807, 2.05) is 0 Å². The molecule has 0 radical (unpaired) electrons. The first kappa shape index (κ1) is 18.5. The SMILES string of the molecule is CCCCCCCCN(CC)Cc1ccccc1.Cl. The summed E-state index contributed by atoms with van der Waals surface area (Å²) in [6.07, 6.45) is 8.32. The molecular formula is C17H30ClN. The second-order valence-corrected chi connectivity index (χ2v) is 5.12. The van der Waals surface area contributed by atoms with Crippen molar-refractivity contribution in [3.8, 4) is 0 Å². The number of rotatable bonds is 10. The van der Waals surface area contributed by atoms with Crippen LogP contribution >= 0.6 is 12.4 Å². The third-order valence-electron chi connectivity index (χ3n) is 3.52. The lowest BCUT2D eigenvalue weighted by Gasteiger charge is -2.20. The molecule has 0 spiro atoms. The monoisotopic (exact) mass is 283 g/mol. The van der Waals surface area contributed by atoms with Gasteiger partial charge in [0.1, 0.15) is 0 Å². The van der Waals surface area contributed by atoms with Crippen LogP contribution < -0.4 is 0 Å². The molecule has 19 heavy (non-hydrogen) atoms. The number of nitrogens with zero attached hydrogens (tertiary/aromatic N) is 1. The molecule has 0 aliphatic rings. The largest absolute Gasteiger partial charge is 0.299 e. The van der Waals surface area contributed by atoms with Crippen molar-refractivity contribution in [2.24, 2.45) is 0 Å². The molecule has 1 nitrogen and oxygen atoms in total. The zero-order valence-electron chi connectivity index (χ0n) is 12.6. The van der Waals surface area contributed by atoms with E-state index in [1.165, 1.54) is 50.6 Å². The molecule has 0 amide bonds. The molecule has 0 unspecified atom stereocenters.